The summed E-state index contributed by atoms with van der Waals surface area (Å²) in [7, 11) is -3.70. The zero-order valence-corrected chi connectivity index (χ0v) is 16.6. The summed E-state index contributed by atoms with van der Waals surface area (Å²) in [4.78, 5) is 0.459. The molecule has 0 aliphatic carbocycles. The molecule has 4 aromatic rings. The number of thiazole rings is 1. The van der Waals surface area contributed by atoms with Crippen LogP contribution < -0.4 is 4.80 Å². The highest BCUT2D eigenvalue weighted by atomic mass is 32.2. The summed E-state index contributed by atoms with van der Waals surface area (Å²) in [5, 5.41) is 4.69. The molecule has 1 aromatic carbocycles. The van der Waals surface area contributed by atoms with E-state index in [1.165, 1.54) is 22.7 Å². The topological polar surface area (TPSA) is 64.6 Å². The molecule has 0 aliphatic rings. The largest absolute Gasteiger partial charge is 0.461 e. The van der Waals surface area contributed by atoms with E-state index < -0.39 is 10.0 Å². The van der Waals surface area contributed by atoms with Gasteiger partial charge in [-0.2, -0.15) is 8.42 Å². The Hall–Kier alpha value is -2.16. The number of thiophene rings is 1. The van der Waals surface area contributed by atoms with Gasteiger partial charge in [0.2, 0.25) is 4.80 Å². The number of hydrogen-bond acceptors (Lipinski definition) is 5. The molecule has 26 heavy (non-hydrogen) atoms. The van der Waals surface area contributed by atoms with E-state index >= 15 is 0 Å². The van der Waals surface area contributed by atoms with E-state index in [0.717, 1.165) is 28.0 Å². The minimum Gasteiger partial charge on any atom is -0.461 e. The van der Waals surface area contributed by atoms with Crippen molar-refractivity contribution in [1.29, 1.82) is 0 Å². The Bertz CT molecular complexity index is 1240. The fourth-order valence-electron chi connectivity index (χ4n) is 2.95. The zero-order chi connectivity index (χ0) is 18.3. The normalized spacial score (nSPS) is 12.9. The van der Waals surface area contributed by atoms with Crippen molar-refractivity contribution in [1.82, 2.24) is 4.57 Å². The number of aryl methyl sites for hydroxylation is 1. The van der Waals surface area contributed by atoms with Gasteiger partial charge in [-0.3, -0.25) is 0 Å². The molecular weight excluding hydrogens is 388 g/mol. The van der Waals surface area contributed by atoms with E-state index in [9.17, 15) is 8.42 Å². The molecule has 3 heterocycles. The number of furan rings is 1. The first-order valence-electron chi connectivity index (χ1n) is 8.02. The second-order valence-electron chi connectivity index (χ2n) is 5.68. The van der Waals surface area contributed by atoms with E-state index in [2.05, 4.69) is 4.40 Å². The van der Waals surface area contributed by atoms with Gasteiger partial charge in [0.05, 0.1) is 5.69 Å². The van der Waals surface area contributed by atoms with Gasteiger partial charge in [-0.25, -0.2) is 0 Å². The first-order chi connectivity index (χ1) is 12.5. The van der Waals surface area contributed by atoms with Crippen molar-refractivity contribution in [3.63, 3.8) is 0 Å². The first kappa shape index (κ1) is 17.3. The number of fused-ring (bicyclic) bond motifs is 1. The van der Waals surface area contributed by atoms with Gasteiger partial charge < -0.3 is 8.98 Å². The van der Waals surface area contributed by atoms with Crippen LogP contribution in [0.25, 0.3) is 22.2 Å². The van der Waals surface area contributed by atoms with E-state index in [1.807, 2.05) is 48.1 Å². The molecule has 0 unspecified atom stereocenters. The quantitative estimate of drug-likeness (QED) is 0.498. The van der Waals surface area contributed by atoms with Crippen molar-refractivity contribution in [3.05, 3.63) is 57.7 Å². The van der Waals surface area contributed by atoms with Crippen molar-refractivity contribution in [2.45, 2.75) is 24.6 Å². The van der Waals surface area contributed by atoms with E-state index in [-0.39, 0.29) is 4.21 Å². The lowest BCUT2D eigenvalue weighted by molar-refractivity contribution is 0.579. The molecule has 0 N–H and O–H groups in total. The van der Waals surface area contributed by atoms with Crippen molar-refractivity contribution in [2.75, 3.05) is 0 Å². The van der Waals surface area contributed by atoms with Gasteiger partial charge in [0.15, 0.2) is 0 Å². The Morgan fingerprint density at radius 1 is 1.15 bits per heavy atom. The molecule has 4 rings (SSSR count). The summed E-state index contributed by atoms with van der Waals surface area (Å²) in [5.74, 6) is 0.805. The molecule has 3 aromatic heterocycles. The minimum atomic E-state index is -3.70. The molecule has 0 saturated carbocycles. The van der Waals surface area contributed by atoms with Crippen LogP contribution in [0.5, 0.6) is 0 Å². The summed E-state index contributed by atoms with van der Waals surface area (Å²) < 4.78 is 37.2. The number of aromatic nitrogens is 1. The van der Waals surface area contributed by atoms with E-state index in [0.29, 0.717) is 11.3 Å². The summed E-state index contributed by atoms with van der Waals surface area (Å²) in [6, 6.07) is 11.1. The minimum absolute atomic E-state index is 0.250. The van der Waals surface area contributed by atoms with E-state index in [1.54, 1.807) is 17.5 Å². The maximum absolute atomic E-state index is 12.5. The number of para-hydroxylation sites is 1. The third kappa shape index (κ3) is 2.84. The fourth-order valence-corrected chi connectivity index (χ4v) is 6.09. The molecule has 0 atom stereocenters. The van der Waals surface area contributed by atoms with Crippen molar-refractivity contribution in [3.8, 4) is 11.3 Å². The van der Waals surface area contributed by atoms with Crippen LogP contribution in [0.4, 0.5) is 0 Å². The third-order valence-corrected chi connectivity index (χ3v) is 7.71. The van der Waals surface area contributed by atoms with Crippen LogP contribution in [0.3, 0.4) is 0 Å². The Kier molecular flexibility index (Phi) is 4.34. The molecule has 134 valence electrons. The van der Waals surface area contributed by atoms with E-state index in [4.69, 9.17) is 4.42 Å². The molecule has 5 nitrogen and oxygen atoms in total. The number of hydrogen-bond donors (Lipinski definition) is 0. The fraction of sp³-hybridized carbons (Fsp3) is 0.167. The highest BCUT2D eigenvalue weighted by Gasteiger charge is 2.19. The van der Waals surface area contributed by atoms with Gasteiger partial charge in [0.25, 0.3) is 10.0 Å². The molecular formula is C18H16N2O3S3. The molecule has 8 heteroatoms. The highest BCUT2D eigenvalue weighted by Crippen LogP contribution is 2.34. The van der Waals surface area contributed by atoms with Crippen molar-refractivity contribution in [2.24, 2.45) is 4.40 Å². The van der Waals surface area contributed by atoms with Gasteiger partial charge in [-0.15, -0.1) is 27.1 Å². The molecule has 0 aliphatic heterocycles. The number of sulfonamides is 1. The molecule has 0 radical (unpaired) electrons. The molecule has 0 amide bonds. The third-order valence-electron chi connectivity index (χ3n) is 4.09. The second-order valence-corrected chi connectivity index (χ2v) is 9.29. The number of nitrogens with zero attached hydrogens (tertiary/aromatic N) is 2. The molecule has 0 bridgehead atoms. The predicted molar refractivity (Wildman–Crippen MR) is 105 cm³/mol. The second kappa shape index (κ2) is 6.53. The van der Waals surface area contributed by atoms with Gasteiger partial charge in [0, 0.05) is 22.9 Å². The average Bonchev–Trinajstić information content (AvgIpc) is 3.32. The SMILES string of the molecule is CCn1c(-c2c(C)oc3ccccc23)cs/c1=N\S(=O)(=O)c1cccs1. The van der Waals surface area contributed by atoms with Crippen molar-refractivity contribution < 1.29 is 12.8 Å². The van der Waals surface area contributed by atoms with Crippen LogP contribution in [-0.2, 0) is 16.6 Å². The standard InChI is InChI=1S/C18H16N2O3S3/c1-3-20-14(17-12(2)23-15-8-5-4-7-13(15)17)11-25-18(20)19-26(21,22)16-9-6-10-24-16/h4-11H,3H2,1-2H3/b19-18-. The lowest BCUT2D eigenvalue weighted by atomic mass is 10.1. The maximum atomic E-state index is 12.5. The van der Waals surface area contributed by atoms with Crippen LogP contribution in [-0.4, -0.2) is 13.0 Å². The summed E-state index contributed by atoms with van der Waals surface area (Å²) in [5.41, 5.74) is 2.72. The first-order valence-corrected chi connectivity index (χ1v) is 11.2. The summed E-state index contributed by atoms with van der Waals surface area (Å²) in [6.07, 6.45) is 0. The van der Waals surface area contributed by atoms with Crippen molar-refractivity contribution >= 4 is 43.7 Å². The zero-order valence-electron chi connectivity index (χ0n) is 14.2. The van der Waals surface area contributed by atoms with Crippen LogP contribution in [0.2, 0.25) is 0 Å². The van der Waals surface area contributed by atoms with Gasteiger partial charge in [-0.1, -0.05) is 24.3 Å². The lowest BCUT2D eigenvalue weighted by Crippen LogP contribution is -2.17. The van der Waals surface area contributed by atoms with Crippen LogP contribution in [0.1, 0.15) is 12.7 Å². The Morgan fingerprint density at radius 3 is 2.69 bits per heavy atom. The van der Waals surface area contributed by atoms with Crippen LogP contribution >= 0.6 is 22.7 Å². The summed E-state index contributed by atoms with van der Waals surface area (Å²) >= 11 is 2.49. The average molecular weight is 405 g/mol. The molecule has 0 spiro atoms. The smallest absolute Gasteiger partial charge is 0.294 e. The predicted octanol–water partition coefficient (Wildman–Crippen LogP) is 4.64. The molecule has 0 fully saturated rings. The Balaban J connectivity index is 1.94. The van der Waals surface area contributed by atoms with Gasteiger partial charge in [0.1, 0.15) is 15.6 Å². The van der Waals surface area contributed by atoms with Gasteiger partial charge in [-0.05, 0) is 31.4 Å². The maximum Gasteiger partial charge on any atom is 0.294 e. The monoisotopic (exact) mass is 404 g/mol. The Labute approximate surface area is 158 Å². The van der Waals surface area contributed by atoms with Crippen LogP contribution in [0.15, 0.2) is 60.2 Å². The highest BCUT2D eigenvalue weighted by molar-refractivity contribution is 7.92. The summed E-state index contributed by atoms with van der Waals surface area (Å²) in [6.45, 7) is 4.51. The van der Waals surface area contributed by atoms with Crippen LogP contribution in [0, 0.1) is 6.92 Å². The number of rotatable bonds is 4. The molecule has 0 saturated heterocycles. The number of benzene rings is 1. The Morgan fingerprint density at radius 2 is 1.96 bits per heavy atom. The van der Waals surface area contributed by atoms with Gasteiger partial charge >= 0.3 is 0 Å². The lowest BCUT2D eigenvalue weighted by Gasteiger charge is -2.05.